The number of hydrogen-bond donors (Lipinski definition) is 1. The first-order valence-electron chi connectivity index (χ1n) is 7.33. The number of hydrogen-bond acceptors (Lipinski definition) is 4. The van der Waals surface area contributed by atoms with Crippen LogP contribution in [0.5, 0.6) is 5.75 Å². The van der Waals surface area contributed by atoms with E-state index in [1.807, 2.05) is 54.6 Å². The van der Waals surface area contributed by atoms with Gasteiger partial charge >= 0.3 is 0 Å². The lowest BCUT2D eigenvalue weighted by atomic mass is 10.2. The lowest BCUT2D eigenvalue weighted by Crippen LogP contribution is -2.36. The fourth-order valence-electron chi connectivity index (χ4n) is 2.36. The highest BCUT2D eigenvalue weighted by atomic mass is 79.9. The van der Waals surface area contributed by atoms with E-state index in [0.29, 0.717) is 13.1 Å². The van der Waals surface area contributed by atoms with Crippen LogP contribution in [0.4, 0.5) is 0 Å². The monoisotopic (exact) mass is 396 g/mol. The van der Waals surface area contributed by atoms with Crippen LogP contribution < -0.4 is 10.1 Å². The molecule has 1 aromatic carbocycles. The molecule has 2 rings (SSSR count). The Hall–Kier alpha value is -1.37. The molecule has 2 aromatic rings. The molecule has 1 amide bonds. The SMILES string of the molecule is COc1ccc(Br)cc1CN(C)CC(=O)N[C@@H](C)c1cccs1. The molecule has 124 valence electrons. The summed E-state index contributed by atoms with van der Waals surface area (Å²) in [6.45, 7) is 2.98. The normalized spacial score (nSPS) is 12.2. The zero-order valence-corrected chi connectivity index (χ0v) is 15.9. The van der Waals surface area contributed by atoms with Crippen molar-refractivity contribution in [3.63, 3.8) is 0 Å². The second-order valence-electron chi connectivity index (χ2n) is 5.43. The molecule has 23 heavy (non-hydrogen) atoms. The Morgan fingerprint density at radius 1 is 1.43 bits per heavy atom. The van der Waals surface area contributed by atoms with Gasteiger partial charge in [-0.2, -0.15) is 0 Å². The van der Waals surface area contributed by atoms with E-state index in [1.54, 1.807) is 18.4 Å². The van der Waals surface area contributed by atoms with Crippen molar-refractivity contribution in [3.8, 4) is 5.75 Å². The number of rotatable bonds is 7. The highest BCUT2D eigenvalue weighted by Gasteiger charge is 2.14. The number of carbonyl (C=O) groups excluding carboxylic acids is 1. The van der Waals surface area contributed by atoms with Crippen LogP contribution >= 0.6 is 27.3 Å². The number of nitrogens with one attached hydrogen (secondary N) is 1. The van der Waals surface area contributed by atoms with Crippen molar-refractivity contribution < 1.29 is 9.53 Å². The third-order valence-electron chi connectivity index (χ3n) is 3.44. The molecule has 4 nitrogen and oxygen atoms in total. The Balaban J connectivity index is 1.90. The molecule has 0 fully saturated rings. The van der Waals surface area contributed by atoms with E-state index >= 15 is 0 Å². The van der Waals surface area contributed by atoms with Crippen molar-refractivity contribution in [1.82, 2.24) is 10.2 Å². The Bertz CT molecular complexity index is 646. The minimum atomic E-state index is 0.0161. The van der Waals surface area contributed by atoms with Crippen molar-refractivity contribution in [2.75, 3.05) is 20.7 Å². The van der Waals surface area contributed by atoms with Crippen LogP contribution in [0.2, 0.25) is 0 Å². The molecule has 0 radical (unpaired) electrons. The van der Waals surface area contributed by atoms with Gasteiger partial charge in [0.15, 0.2) is 0 Å². The number of methoxy groups -OCH3 is 1. The smallest absolute Gasteiger partial charge is 0.234 e. The van der Waals surface area contributed by atoms with Crippen LogP contribution in [0.15, 0.2) is 40.2 Å². The molecule has 0 saturated heterocycles. The predicted octanol–water partition coefficient (Wildman–Crippen LogP) is 3.83. The molecule has 6 heteroatoms. The average Bonchev–Trinajstić information content (AvgIpc) is 3.01. The maximum atomic E-state index is 12.2. The number of halogens is 1. The third-order valence-corrected chi connectivity index (χ3v) is 4.99. The number of amides is 1. The van der Waals surface area contributed by atoms with Crippen molar-refractivity contribution in [2.24, 2.45) is 0 Å². The number of benzene rings is 1. The number of carbonyl (C=O) groups is 1. The molecule has 0 aliphatic carbocycles. The summed E-state index contributed by atoms with van der Waals surface area (Å²) >= 11 is 5.12. The summed E-state index contributed by atoms with van der Waals surface area (Å²) in [5, 5.41) is 5.05. The van der Waals surface area contributed by atoms with Gasteiger partial charge in [0.2, 0.25) is 5.91 Å². The van der Waals surface area contributed by atoms with E-state index in [2.05, 4.69) is 21.2 Å². The van der Waals surface area contributed by atoms with E-state index in [4.69, 9.17) is 4.74 Å². The highest BCUT2D eigenvalue weighted by molar-refractivity contribution is 9.10. The number of thiophene rings is 1. The van der Waals surface area contributed by atoms with Gasteiger partial charge in [-0.15, -0.1) is 11.3 Å². The Kier molecular flexibility index (Phi) is 6.62. The molecule has 1 heterocycles. The summed E-state index contributed by atoms with van der Waals surface area (Å²) in [7, 11) is 3.58. The van der Waals surface area contributed by atoms with Crippen molar-refractivity contribution >= 4 is 33.2 Å². The zero-order chi connectivity index (χ0) is 16.8. The Labute approximate surface area is 149 Å². The summed E-state index contributed by atoms with van der Waals surface area (Å²) < 4.78 is 6.37. The Morgan fingerprint density at radius 2 is 2.22 bits per heavy atom. The van der Waals surface area contributed by atoms with Gasteiger partial charge in [-0.3, -0.25) is 9.69 Å². The quantitative estimate of drug-likeness (QED) is 0.772. The van der Waals surface area contributed by atoms with E-state index in [0.717, 1.165) is 20.7 Å². The van der Waals surface area contributed by atoms with E-state index in [1.165, 1.54) is 0 Å². The molecule has 1 atom stereocenters. The van der Waals surface area contributed by atoms with Crippen molar-refractivity contribution in [1.29, 1.82) is 0 Å². The topological polar surface area (TPSA) is 41.6 Å². The van der Waals surface area contributed by atoms with Gasteiger partial charge < -0.3 is 10.1 Å². The number of ether oxygens (including phenoxy) is 1. The first-order valence-corrected chi connectivity index (χ1v) is 9.00. The predicted molar refractivity (Wildman–Crippen MR) is 97.9 cm³/mol. The van der Waals surface area contributed by atoms with Crippen LogP contribution in [-0.4, -0.2) is 31.5 Å². The number of likely N-dealkylation sites (N-methyl/N-ethyl adjacent to an activating group) is 1. The lowest BCUT2D eigenvalue weighted by molar-refractivity contribution is -0.122. The maximum Gasteiger partial charge on any atom is 0.234 e. The third kappa shape index (κ3) is 5.34. The first-order chi connectivity index (χ1) is 11.0. The van der Waals surface area contributed by atoms with Crippen molar-refractivity contribution in [3.05, 3.63) is 50.6 Å². The molecule has 0 saturated carbocycles. The van der Waals surface area contributed by atoms with Gasteiger partial charge in [0.05, 0.1) is 19.7 Å². The van der Waals surface area contributed by atoms with Gasteiger partial charge in [0.25, 0.3) is 0 Å². The van der Waals surface area contributed by atoms with Gasteiger partial charge in [-0.1, -0.05) is 22.0 Å². The summed E-state index contributed by atoms with van der Waals surface area (Å²) in [5.74, 6) is 0.842. The zero-order valence-electron chi connectivity index (χ0n) is 13.5. The average molecular weight is 397 g/mol. The van der Waals surface area contributed by atoms with Gasteiger partial charge in [0.1, 0.15) is 5.75 Å². The second-order valence-corrected chi connectivity index (χ2v) is 7.33. The minimum Gasteiger partial charge on any atom is -0.496 e. The fraction of sp³-hybridized carbons (Fsp3) is 0.353. The van der Waals surface area contributed by atoms with Crippen LogP contribution in [-0.2, 0) is 11.3 Å². The maximum absolute atomic E-state index is 12.2. The highest BCUT2D eigenvalue weighted by Crippen LogP contribution is 2.24. The summed E-state index contributed by atoms with van der Waals surface area (Å²) in [4.78, 5) is 15.3. The molecule has 0 aliphatic rings. The van der Waals surface area contributed by atoms with Gasteiger partial charge in [-0.05, 0) is 43.6 Å². The van der Waals surface area contributed by atoms with Crippen LogP contribution in [0.3, 0.4) is 0 Å². The molecular weight excluding hydrogens is 376 g/mol. The first kappa shape index (κ1) is 18.0. The molecule has 0 bridgehead atoms. The van der Waals surface area contributed by atoms with E-state index in [9.17, 15) is 4.79 Å². The fourth-order valence-corrected chi connectivity index (χ4v) is 3.50. The standard InChI is InChI=1S/C17H21BrN2O2S/c1-12(16-5-4-8-23-16)19-17(21)11-20(2)10-13-9-14(18)6-7-15(13)22-3/h4-9,12H,10-11H2,1-3H3,(H,19,21)/t12-/m0/s1. The summed E-state index contributed by atoms with van der Waals surface area (Å²) in [6, 6.07) is 9.95. The van der Waals surface area contributed by atoms with Crippen LogP contribution in [0.1, 0.15) is 23.4 Å². The van der Waals surface area contributed by atoms with Crippen molar-refractivity contribution in [2.45, 2.75) is 19.5 Å². The van der Waals surface area contributed by atoms with Crippen LogP contribution in [0.25, 0.3) is 0 Å². The van der Waals surface area contributed by atoms with Gasteiger partial charge in [-0.25, -0.2) is 0 Å². The summed E-state index contributed by atoms with van der Waals surface area (Å²) in [6.07, 6.45) is 0. The number of nitrogens with zero attached hydrogens (tertiary/aromatic N) is 1. The van der Waals surface area contributed by atoms with Gasteiger partial charge in [0, 0.05) is 21.5 Å². The molecular formula is C17H21BrN2O2S. The van der Waals surface area contributed by atoms with Crippen LogP contribution in [0, 0.1) is 0 Å². The lowest BCUT2D eigenvalue weighted by Gasteiger charge is -2.20. The molecule has 0 unspecified atom stereocenters. The van der Waals surface area contributed by atoms with E-state index < -0.39 is 0 Å². The second kappa shape index (κ2) is 8.47. The molecule has 0 spiro atoms. The molecule has 1 aromatic heterocycles. The molecule has 0 aliphatic heterocycles. The summed E-state index contributed by atoms with van der Waals surface area (Å²) in [5.41, 5.74) is 1.04. The Morgan fingerprint density at radius 3 is 2.87 bits per heavy atom. The minimum absolute atomic E-state index is 0.0161. The molecule has 1 N–H and O–H groups in total. The largest absolute Gasteiger partial charge is 0.496 e. The van der Waals surface area contributed by atoms with E-state index in [-0.39, 0.29) is 11.9 Å².